The molecule has 2 aliphatic rings. The number of amides is 3. The third-order valence-electron chi connectivity index (χ3n) is 7.17. The minimum Gasteiger partial charge on any atom is -0.350 e. The van der Waals surface area contributed by atoms with E-state index in [1.807, 2.05) is 61.5 Å². The molecule has 1 fully saturated rings. The van der Waals surface area contributed by atoms with Crippen molar-refractivity contribution in [1.82, 2.24) is 10.2 Å². The molecular weight excluding hydrogens is 450 g/mol. The molecule has 3 aromatic carbocycles. The van der Waals surface area contributed by atoms with Crippen molar-refractivity contribution in [1.29, 1.82) is 0 Å². The van der Waals surface area contributed by atoms with Gasteiger partial charge in [-0.05, 0) is 61.9 Å². The molecule has 0 bridgehead atoms. The van der Waals surface area contributed by atoms with Gasteiger partial charge in [0.05, 0.1) is 17.8 Å². The van der Waals surface area contributed by atoms with Gasteiger partial charge in [-0.1, -0.05) is 60.7 Å². The molecule has 5 rings (SSSR count). The van der Waals surface area contributed by atoms with Crippen molar-refractivity contribution in [2.75, 3.05) is 11.4 Å². The Hall–Kier alpha value is -3.93. The van der Waals surface area contributed by atoms with Gasteiger partial charge in [0.2, 0.25) is 5.91 Å². The average Bonchev–Trinajstić information content (AvgIpc) is 3.38. The predicted molar refractivity (Wildman–Crippen MR) is 140 cm³/mol. The molecule has 0 radical (unpaired) electrons. The van der Waals surface area contributed by atoms with E-state index in [1.54, 1.807) is 21.9 Å². The number of hydrogen-bond acceptors (Lipinski definition) is 3. The minimum atomic E-state index is -0.455. The molecule has 0 aromatic heterocycles. The van der Waals surface area contributed by atoms with Gasteiger partial charge in [-0.3, -0.25) is 14.4 Å². The summed E-state index contributed by atoms with van der Waals surface area (Å²) < 4.78 is 0. The number of aryl methyl sites for hydroxylation is 1. The number of rotatable bonds is 7. The number of carbonyl (C=O) groups excluding carboxylic acids is 3. The Balaban J connectivity index is 1.37. The zero-order valence-electron chi connectivity index (χ0n) is 20.5. The lowest BCUT2D eigenvalue weighted by Gasteiger charge is -2.27. The maximum atomic E-state index is 13.6. The molecule has 3 amide bonds. The lowest BCUT2D eigenvalue weighted by atomic mass is 10.0. The maximum absolute atomic E-state index is 13.6. The van der Waals surface area contributed by atoms with Crippen LogP contribution in [-0.2, 0) is 17.8 Å². The van der Waals surface area contributed by atoms with Gasteiger partial charge in [-0.2, -0.15) is 0 Å². The number of nitrogens with one attached hydrogen (secondary N) is 1. The van der Waals surface area contributed by atoms with Crippen molar-refractivity contribution in [3.63, 3.8) is 0 Å². The molecule has 184 valence electrons. The number of fused-ring (bicyclic) bond motifs is 2. The first-order valence-electron chi connectivity index (χ1n) is 12.7. The zero-order chi connectivity index (χ0) is 25.1. The Kier molecular flexibility index (Phi) is 6.85. The fraction of sp³-hybridized carbons (Fsp3) is 0.300. The summed E-state index contributed by atoms with van der Waals surface area (Å²) in [7, 11) is 0. The zero-order valence-corrected chi connectivity index (χ0v) is 20.5. The van der Waals surface area contributed by atoms with E-state index < -0.39 is 6.04 Å². The smallest absolute Gasteiger partial charge is 0.256 e. The molecule has 0 spiro atoms. The summed E-state index contributed by atoms with van der Waals surface area (Å²) in [6, 6.07) is 24.5. The standard InChI is InChI=1S/C30H31N3O3/c1-21(17-18-22-10-3-2-4-11-22)31-28(34)24-13-6-5-12-23(24)20-33-26-15-8-7-14-25(26)29(35)32-19-9-16-27(32)30(33)36/h2-8,10-15,21,27H,9,16-20H2,1H3,(H,31,34)/t21-,27+/m1/s1. The normalized spacial score (nSPS) is 17.9. The van der Waals surface area contributed by atoms with E-state index in [0.29, 0.717) is 29.8 Å². The van der Waals surface area contributed by atoms with Crippen LogP contribution in [-0.4, -0.2) is 41.2 Å². The van der Waals surface area contributed by atoms with Crippen molar-refractivity contribution in [2.45, 2.75) is 51.2 Å². The van der Waals surface area contributed by atoms with E-state index in [2.05, 4.69) is 17.4 Å². The van der Waals surface area contributed by atoms with Crippen molar-refractivity contribution >= 4 is 23.4 Å². The summed E-state index contributed by atoms with van der Waals surface area (Å²) >= 11 is 0. The molecule has 0 unspecified atom stereocenters. The second-order valence-corrected chi connectivity index (χ2v) is 9.65. The van der Waals surface area contributed by atoms with Gasteiger partial charge < -0.3 is 15.1 Å². The monoisotopic (exact) mass is 481 g/mol. The molecule has 1 N–H and O–H groups in total. The van der Waals surface area contributed by atoms with Crippen LogP contribution in [0.2, 0.25) is 0 Å². The summed E-state index contributed by atoms with van der Waals surface area (Å²) in [4.78, 5) is 43.5. The lowest BCUT2D eigenvalue weighted by Crippen LogP contribution is -2.44. The van der Waals surface area contributed by atoms with Gasteiger partial charge in [0.1, 0.15) is 6.04 Å². The Morgan fingerprint density at radius 2 is 1.69 bits per heavy atom. The van der Waals surface area contributed by atoms with Gasteiger partial charge in [-0.15, -0.1) is 0 Å². The van der Waals surface area contributed by atoms with Crippen molar-refractivity contribution in [2.24, 2.45) is 0 Å². The number of benzene rings is 3. The topological polar surface area (TPSA) is 69.7 Å². The van der Waals surface area contributed by atoms with Gasteiger partial charge in [-0.25, -0.2) is 0 Å². The minimum absolute atomic E-state index is 0.00373. The summed E-state index contributed by atoms with van der Waals surface area (Å²) in [6.07, 6.45) is 3.19. The highest BCUT2D eigenvalue weighted by Gasteiger charge is 2.42. The van der Waals surface area contributed by atoms with Crippen LogP contribution in [0.5, 0.6) is 0 Å². The van der Waals surface area contributed by atoms with E-state index in [-0.39, 0.29) is 30.3 Å². The van der Waals surface area contributed by atoms with Crippen molar-refractivity contribution in [3.05, 3.63) is 101 Å². The van der Waals surface area contributed by atoms with E-state index in [1.165, 1.54) is 5.56 Å². The lowest BCUT2D eigenvalue weighted by molar-refractivity contribution is -0.122. The Morgan fingerprint density at radius 3 is 2.53 bits per heavy atom. The Bertz CT molecular complexity index is 1270. The van der Waals surface area contributed by atoms with Crippen LogP contribution >= 0.6 is 0 Å². The largest absolute Gasteiger partial charge is 0.350 e. The van der Waals surface area contributed by atoms with Gasteiger partial charge in [0.25, 0.3) is 11.8 Å². The van der Waals surface area contributed by atoms with Crippen LogP contribution in [0.1, 0.15) is 58.0 Å². The van der Waals surface area contributed by atoms with Crippen LogP contribution in [0.25, 0.3) is 0 Å². The fourth-order valence-corrected chi connectivity index (χ4v) is 5.22. The molecule has 6 nitrogen and oxygen atoms in total. The van der Waals surface area contributed by atoms with Gasteiger partial charge in [0.15, 0.2) is 0 Å². The van der Waals surface area contributed by atoms with E-state index in [4.69, 9.17) is 0 Å². The third kappa shape index (κ3) is 4.76. The first-order chi connectivity index (χ1) is 17.5. The molecule has 6 heteroatoms. The molecule has 3 aromatic rings. The van der Waals surface area contributed by atoms with Gasteiger partial charge in [0, 0.05) is 18.2 Å². The summed E-state index contributed by atoms with van der Waals surface area (Å²) in [5.41, 5.74) is 3.69. The maximum Gasteiger partial charge on any atom is 0.256 e. The highest BCUT2D eigenvalue weighted by molar-refractivity contribution is 6.11. The summed E-state index contributed by atoms with van der Waals surface area (Å²) in [5, 5.41) is 3.13. The van der Waals surface area contributed by atoms with Crippen LogP contribution in [0, 0.1) is 0 Å². The SMILES string of the molecule is C[C@H](CCc1ccccc1)NC(=O)c1ccccc1CN1C(=O)[C@@H]2CCCN2C(=O)c2ccccc21. The quantitative estimate of drug-likeness (QED) is 0.537. The van der Waals surface area contributed by atoms with Crippen LogP contribution in [0.15, 0.2) is 78.9 Å². The number of nitrogens with zero attached hydrogens (tertiary/aromatic N) is 2. The number of anilines is 1. The Labute approximate surface area is 211 Å². The van der Waals surface area contributed by atoms with Crippen molar-refractivity contribution in [3.8, 4) is 0 Å². The second-order valence-electron chi connectivity index (χ2n) is 9.65. The molecule has 36 heavy (non-hydrogen) atoms. The first-order valence-corrected chi connectivity index (χ1v) is 12.7. The number of carbonyl (C=O) groups is 3. The molecule has 1 saturated heterocycles. The Morgan fingerprint density at radius 1 is 0.972 bits per heavy atom. The van der Waals surface area contributed by atoms with E-state index in [9.17, 15) is 14.4 Å². The number of para-hydroxylation sites is 1. The van der Waals surface area contributed by atoms with Crippen LogP contribution in [0.4, 0.5) is 5.69 Å². The molecular formula is C30H31N3O3. The van der Waals surface area contributed by atoms with Crippen LogP contribution < -0.4 is 10.2 Å². The van der Waals surface area contributed by atoms with E-state index in [0.717, 1.165) is 24.8 Å². The molecule has 0 saturated carbocycles. The van der Waals surface area contributed by atoms with Crippen LogP contribution in [0.3, 0.4) is 0 Å². The third-order valence-corrected chi connectivity index (χ3v) is 7.17. The highest BCUT2D eigenvalue weighted by atomic mass is 16.2. The van der Waals surface area contributed by atoms with Crippen molar-refractivity contribution < 1.29 is 14.4 Å². The molecule has 2 heterocycles. The average molecular weight is 482 g/mol. The molecule has 2 atom stereocenters. The molecule has 2 aliphatic heterocycles. The fourth-order valence-electron chi connectivity index (χ4n) is 5.22. The first kappa shape index (κ1) is 23.8. The molecule has 0 aliphatic carbocycles. The summed E-state index contributed by atoms with van der Waals surface area (Å²) in [5.74, 6) is -0.334. The highest BCUT2D eigenvalue weighted by Crippen LogP contribution is 2.33. The van der Waals surface area contributed by atoms with E-state index >= 15 is 0 Å². The van der Waals surface area contributed by atoms with Gasteiger partial charge >= 0.3 is 0 Å². The predicted octanol–water partition coefficient (Wildman–Crippen LogP) is 4.59. The summed E-state index contributed by atoms with van der Waals surface area (Å²) in [6.45, 7) is 2.84. The second kappa shape index (κ2) is 10.4. The number of hydrogen-bond donors (Lipinski definition) is 1.